The van der Waals surface area contributed by atoms with Gasteiger partial charge in [0.25, 0.3) is 17.9 Å². The van der Waals surface area contributed by atoms with Gasteiger partial charge in [0.1, 0.15) is 0 Å². The number of hydrogen-bond acceptors (Lipinski definition) is 8. The van der Waals surface area contributed by atoms with E-state index >= 15 is 0 Å². The SMILES string of the molecule is CC(=O)O[B-](OC(C)=O)OC(C)=O.CC(C)CN(Cc1ccccc1C(F)(F)F)[C@H]1CCCN(C(=O)O)C1.[Na+]. The minimum atomic E-state index is -4.39. The minimum absolute atomic E-state index is 0. The number of halogens is 3. The van der Waals surface area contributed by atoms with E-state index in [-0.39, 0.29) is 53.6 Å². The molecule has 2 rings (SSSR count). The Bertz CT molecular complexity index is 930. The molecule has 1 atom stereocenters. The van der Waals surface area contributed by atoms with E-state index in [1.165, 1.54) is 17.0 Å². The number of nitrogens with zero attached hydrogens (tertiary/aromatic N) is 2. The standard InChI is InChI=1S/C18H25F3N2O2.C6H9BO6.Na/c1-13(2)10-23(15-7-5-9-22(12-15)17(24)25)11-14-6-3-4-8-16(14)18(19,20)21;1-4(8)11-7(12-5(2)9)13-6(3)10;/h3-4,6,8,13,15H,5,7,9-12H2,1-2H3,(H,24,25);1-3H3;/q;-1;+1/t15-;;/m0../s1. The van der Waals surface area contributed by atoms with Gasteiger partial charge in [-0.15, -0.1) is 0 Å². The van der Waals surface area contributed by atoms with E-state index in [0.29, 0.717) is 19.6 Å². The topological polar surface area (TPSA) is 123 Å². The summed E-state index contributed by atoms with van der Waals surface area (Å²) in [5.41, 5.74) is -0.377. The van der Waals surface area contributed by atoms with Gasteiger partial charge in [-0.2, -0.15) is 13.2 Å². The van der Waals surface area contributed by atoms with Crippen molar-refractivity contribution in [3.63, 3.8) is 0 Å². The van der Waals surface area contributed by atoms with Crippen LogP contribution in [0.3, 0.4) is 0 Å². The van der Waals surface area contributed by atoms with Crippen LogP contribution in [-0.2, 0) is 41.1 Å². The Morgan fingerprint density at radius 1 is 1.05 bits per heavy atom. The van der Waals surface area contributed by atoms with E-state index in [1.54, 1.807) is 6.07 Å². The minimum Gasteiger partial charge on any atom is -0.642 e. The number of benzene rings is 1. The summed E-state index contributed by atoms with van der Waals surface area (Å²) in [5.74, 6) is -1.87. The number of carbonyl (C=O) groups is 4. The van der Waals surface area contributed by atoms with Crippen LogP contribution in [0.2, 0.25) is 0 Å². The van der Waals surface area contributed by atoms with Crippen molar-refractivity contribution < 1.29 is 81.0 Å². The first-order valence-electron chi connectivity index (χ1n) is 12.0. The molecule has 0 bridgehead atoms. The zero-order chi connectivity index (χ0) is 29.0. The largest absolute Gasteiger partial charge is 1.00 e. The van der Waals surface area contributed by atoms with E-state index in [2.05, 4.69) is 14.0 Å². The second-order valence-corrected chi connectivity index (χ2v) is 9.12. The smallest absolute Gasteiger partial charge is 0.642 e. The van der Waals surface area contributed by atoms with E-state index < -0.39 is 43.1 Å². The molecular weight excluding hydrogens is 535 g/mol. The van der Waals surface area contributed by atoms with Crippen LogP contribution in [0.15, 0.2) is 24.3 Å². The molecule has 0 saturated carbocycles. The van der Waals surface area contributed by atoms with Gasteiger partial charge in [-0.1, -0.05) is 32.0 Å². The van der Waals surface area contributed by atoms with Gasteiger partial charge >= 0.3 is 49.1 Å². The second-order valence-electron chi connectivity index (χ2n) is 9.12. The van der Waals surface area contributed by atoms with Gasteiger partial charge in [-0.3, -0.25) is 19.3 Å². The van der Waals surface area contributed by atoms with E-state index in [4.69, 9.17) is 0 Å². The number of carbonyl (C=O) groups excluding carboxylic acids is 3. The Morgan fingerprint density at radius 2 is 1.56 bits per heavy atom. The summed E-state index contributed by atoms with van der Waals surface area (Å²) < 4.78 is 52.8. The molecule has 1 aromatic carbocycles. The van der Waals surface area contributed by atoms with Gasteiger partial charge in [-0.25, -0.2) is 4.79 Å². The summed E-state index contributed by atoms with van der Waals surface area (Å²) in [6.07, 6.45) is -3.83. The zero-order valence-corrected chi connectivity index (χ0v) is 25.1. The van der Waals surface area contributed by atoms with Crippen LogP contribution in [0.5, 0.6) is 0 Å². The molecule has 15 heteroatoms. The molecule has 0 spiro atoms. The van der Waals surface area contributed by atoms with Crippen LogP contribution >= 0.6 is 0 Å². The quantitative estimate of drug-likeness (QED) is 0.457. The molecule has 213 valence electrons. The molecule has 1 fully saturated rings. The van der Waals surface area contributed by atoms with Crippen LogP contribution in [0, 0.1) is 5.92 Å². The maximum Gasteiger partial charge on any atom is 1.00 e. The first-order chi connectivity index (χ1) is 17.6. The third-order valence-electron chi connectivity index (χ3n) is 5.27. The molecule has 1 saturated heterocycles. The third kappa shape index (κ3) is 14.6. The van der Waals surface area contributed by atoms with Crippen LogP contribution in [-0.4, -0.2) is 71.9 Å². The number of hydrogen-bond donors (Lipinski definition) is 1. The summed E-state index contributed by atoms with van der Waals surface area (Å²) in [5, 5.41) is 9.22. The Hall–Kier alpha value is -2.29. The summed E-state index contributed by atoms with van der Waals surface area (Å²) in [6, 6.07) is 5.56. The summed E-state index contributed by atoms with van der Waals surface area (Å²) >= 11 is 0. The third-order valence-corrected chi connectivity index (χ3v) is 5.27. The van der Waals surface area contributed by atoms with Crippen molar-refractivity contribution in [2.24, 2.45) is 5.92 Å². The first-order valence-corrected chi connectivity index (χ1v) is 12.0. The summed E-state index contributed by atoms with van der Waals surface area (Å²) in [4.78, 5) is 45.8. The fourth-order valence-electron chi connectivity index (χ4n) is 3.87. The van der Waals surface area contributed by atoms with Crippen LogP contribution in [0.25, 0.3) is 0 Å². The van der Waals surface area contributed by atoms with E-state index in [0.717, 1.165) is 39.7 Å². The van der Waals surface area contributed by atoms with Gasteiger partial charge in [0.2, 0.25) is 0 Å². The number of carboxylic acid groups (broad SMARTS) is 1. The van der Waals surface area contributed by atoms with Crippen molar-refractivity contribution in [1.82, 2.24) is 9.80 Å². The van der Waals surface area contributed by atoms with Crippen molar-refractivity contribution >= 4 is 31.3 Å². The molecular formula is C24H34BF3N2NaO8. The molecule has 1 aliphatic rings. The number of likely N-dealkylation sites (tertiary alicyclic amines) is 1. The van der Waals surface area contributed by atoms with Crippen LogP contribution in [0.4, 0.5) is 18.0 Å². The van der Waals surface area contributed by atoms with E-state index in [9.17, 15) is 37.5 Å². The fraction of sp³-hybridized carbons (Fsp3) is 0.583. The van der Waals surface area contributed by atoms with Gasteiger partial charge in [-0.05, 0) is 30.4 Å². The predicted octanol–water partition coefficient (Wildman–Crippen LogP) is 0.970. The van der Waals surface area contributed by atoms with Gasteiger partial charge in [0.05, 0.1) is 5.56 Å². The van der Waals surface area contributed by atoms with Gasteiger partial charge in [0, 0.05) is 53.0 Å². The summed E-state index contributed by atoms with van der Waals surface area (Å²) in [7, 11) is -1.59. The van der Waals surface area contributed by atoms with Gasteiger partial charge < -0.3 is 24.0 Å². The Kier molecular flexibility index (Phi) is 16.4. The van der Waals surface area contributed by atoms with Crippen molar-refractivity contribution in [1.29, 1.82) is 0 Å². The maximum atomic E-state index is 13.3. The monoisotopic (exact) mass is 569 g/mol. The van der Waals surface area contributed by atoms with Crippen molar-refractivity contribution in [3.8, 4) is 0 Å². The molecule has 39 heavy (non-hydrogen) atoms. The average Bonchev–Trinajstić information content (AvgIpc) is 2.77. The molecule has 0 aliphatic carbocycles. The van der Waals surface area contributed by atoms with Crippen molar-refractivity contribution in [3.05, 3.63) is 35.4 Å². The summed E-state index contributed by atoms with van der Waals surface area (Å²) in [6.45, 7) is 8.95. The normalized spacial score (nSPS) is 15.2. The molecule has 1 amide bonds. The Labute approximate surface area is 248 Å². The van der Waals surface area contributed by atoms with Crippen molar-refractivity contribution in [2.75, 3.05) is 19.6 Å². The number of amides is 1. The van der Waals surface area contributed by atoms with E-state index in [1.807, 2.05) is 18.7 Å². The van der Waals surface area contributed by atoms with Gasteiger partial charge in [0.15, 0.2) is 0 Å². The number of piperidine rings is 1. The molecule has 1 heterocycles. The maximum absolute atomic E-state index is 13.3. The Balaban J connectivity index is 0.000000881. The number of alkyl halides is 3. The van der Waals surface area contributed by atoms with Crippen LogP contribution < -0.4 is 29.6 Å². The molecule has 10 nitrogen and oxygen atoms in total. The first kappa shape index (κ1) is 36.7. The second kappa shape index (κ2) is 17.4. The van der Waals surface area contributed by atoms with Crippen LogP contribution in [0.1, 0.15) is 58.6 Å². The predicted molar refractivity (Wildman–Crippen MR) is 130 cm³/mol. The Morgan fingerprint density at radius 3 is 2.00 bits per heavy atom. The zero-order valence-electron chi connectivity index (χ0n) is 23.1. The molecule has 0 unspecified atom stereocenters. The molecule has 1 aromatic rings. The molecule has 0 aromatic heterocycles. The molecule has 1 aliphatic heterocycles. The molecule has 1 N–H and O–H groups in total. The molecule has 1 radical (unpaired) electrons. The average molecular weight is 569 g/mol. The fourth-order valence-corrected chi connectivity index (χ4v) is 3.87. The van der Waals surface area contributed by atoms with Crippen molar-refractivity contribution in [2.45, 2.75) is 66.2 Å². The number of rotatable bonds is 8.